The molecule has 3 rings (SSSR count). The molecule has 0 bridgehead atoms. The van der Waals surface area contributed by atoms with Gasteiger partial charge in [0.2, 0.25) is 0 Å². The smallest absolute Gasteiger partial charge is 0.314 e. The number of hydrogen-bond acceptors (Lipinski definition) is 4. The first-order valence-electron chi connectivity index (χ1n) is 8.49. The van der Waals surface area contributed by atoms with Crippen molar-refractivity contribution in [2.24, 2.45) is 0 Å². The molecule has 1 heterocycles. The largest absolute Gasteiger partial charge is 0.508 e. The van der Waals surface area contributed by atoms with E-state index in [-0.39, 0.29) is 11.6 Å². The van der Waals surface area contributed by atoms with E-state index >= 15 is 0 Å². The van der Waals surface area contributed by atoms with E-state index in [1.165, 1.54) is 11.1 Å². The Morgan fingerprint density at radius 1 is 1.24 bits per heavy atom. The topological polar surface area (TPSA) is 64.6 Å². The van der Waals surface area contributed by atoms with Crippen LogP contribution in [0.2, 0.25) is 0 Å². The molecular weight excluding hydrogens is 334 g/mol. The standard InChI is InChI=1S/C19H25N3O2S/c1-22(2)19(10-15-3-4-17(23)9-16(15)11-19)13-21-18(24)20-7-5-14-6-8-25-12-14/h3-4,6,8-9,12,23H,5,7,10-11,13H2,1-2H3,(H2,20,21,24). The molecule has 2 aromatic rings. The first kappa shape index (κ1) is 17.8. The van der Waals surface area contributed by atoms with Crippen molar-refractivity contribution in [3.8, 4) is 5.75 Å². The number of benzene rings is 1. The molecule has 25 heavy (non-hydrogen) atoms. The average molecular weight is 359 g/mol. The number of rotatable bonds is 6. The van der Waals surface area contributed by atoms with Gasteiger partial charge in [0.1, 0.15) is 5.75 Å². The van der Waals surface area contributed by atoms with E-state index < -0.39 is 0 Å². The van der Waals surface area contributed by atoms with Gasteiger partial charge in [-0.25, -0.2) is 4.79 Å². The van der Waals surface area contributed by atoms with Crippen molar-refractivity contribution in [1.29, 1.82) is 0 Å². The van der Waals surface area contributed by atoms with Crippen molar-refractivity contribution in [2.45, 2.75) is 24.8 Å². The molecule has 1 aromatic carbocycles. The molecule has 134 valence electrons. The van der Waals surface area contributed by atoms with Gasteiger partial charge in [0.15, 0.2) is 0 Å². The Morgan fingerprint density at radius 3 is 2.76 bits per heavy atom. The summed E-state index contributed by atoms with van der Waals surface area (Å²) < 4.78 is 0. The van der Waals surface area contributed by atoms with Gasteiger partial charge >= 0.3 is 6.03 Å². The van der Waals surface area contributed by atoms with Gasteiger partial charge in [-0.05, 0) is 79.0 Å². The lowest BCUT2D eigenvalue weighted by Crippen LogP contribution is -2.55. The lowest BCUT2D eigenvalue weighted by atomic mass is 9.94. The molecule has 1 atom stereocenters. The van der Waals surface area contributed by atoms with E-state index in [1.807, 2.05) is 31.6 Å². The maximum absolute atomic E-state index is 12.1. The van der Waals surface area contributed by atoms with Crippen LogP contribution in [0.15, 0.2) is 35.0 Å². The predicted molar refractivity (Wildman–Crippen MR) is 101 cm³/mol. The maximum atomic E-state index is 12.1. The summed E-state index contributed by atoms with van der Waals surface area (Å²) in [4.78, 5) is 14.3. The Hall–Kier alpha value is -2.05. The van der Waals surface area contributed by atoms with Gasteiger partial charge < -0.3 is 20.6 Å². The molecule has 0 spiro atoms. The van der Waals surface area contributed by atoms with E-state index in [0.29, 0.717) is 18.8 Å². The number of amides is 2. The zero-order valence-electron chi connectivity index (χ0n) is 14.7. The summed E-state index contributed by atoms with van der Waals surface area (Å²) in [6.45, 7) is 1.20. The minimum atomic E-state index is -0.152. The molecule has 0 radical (unpaired) electrons. The minimum absolute atomic E-state index is 0.129. The fraction of sp³-hybridized carbons (Fsp3) is 0.421. The van der Waals surface area contributed by atoms with Crippen LogP contribution in [-0.4, -0.2) is 48.8 Å². The second kappa shape index (κ2) is 7.45. The van der Waals surface area contributed by atoms with Crippen LogP contribution in [0, 0.1) is 0 Å². The predicted octanol–water partition coefficient (Wildman–Crippen LogP) is 2.39. The molecule has 0 aliphatic heterocycles. The summed E-state index contributed by atoms with van der Waals surface area (Å²) in [6, 6.07) is 7.50. The van der Waals surface area contributed by atoms with Crippen molar-refractivity contribution in [2.75, 3.05) is 27.2 Å². The fourth-order valence-corrected chi connectivity index (χ4v) is 4.09. The monoisotopic (exact) mass is 359 g/mol. The van der Waals surface area contributed by atoms with Crippen molar-refractivity contribution in [3.63, 3.8) is 0 Å². The Morgan fingerprint density at radius 2 is 2.04 bits per heavy atom. The molecule has 0 saturated heterocycles. The van der Waals surface area contributed by atoms with Gasteiger partial charge in [0, 0.05) is 18.6 Å². The molecule has 6 heteroatoms. The van der Waals surface area contributed by atoms with Crippen molar-refractivity contribution in [1.82, 2.24) is 15.5 Å². The first-order valence-corrected chi connectivity index (χ1v) is 9.44. The van der Waals surface area contributed by atoms with Crippen LogP contribution >= 0.6 is 11.3 Å². The summed E-state index contributed by atoms with van der Waals surface area (Å²) in [7, 11) is 4.09. The summed E-state index contributed by atoms with van der Waals surface area (Å²) in [5, 5.41) is 19.8. The van der Waals surface area contributed by atoms with E-state index in [2.05, 4.69) is 27.0 Å². The van der Waals surface area contributed by atoms with E-state index in [4.69, 9.17) is 0 Å². The van der Waals surface area contributed by atoms with Gasteiger partial charge in [-0.15, -0.1) is 0 Å². The molecule has 3 N–H and O–H groups in total. The van der Waals surface area contributed by atoms with E-state index in [0.717, 1.165) is 24.8 Å². The molecule has 0 fully saturated rings. The van der Waals surface area contributed by atoms with E-state index in [9.17, 15) is 9.90 Å². The maximum Gasteiger partial charge on any atom is 0.314 e. The number of likely N-dealkylation sites (N-methyl/N-ethyl adjacent to an activating group) is 1. The summed E-state index contributed by atoms with van der Waals surface area (Å²) in [6.07, 6.45) is 2.53. The Bertz CT molecular complexity index is 730. The minimum Gasteiger partial charge on any atom is -0.508 e. The summed E-state index contributed by atoms with van der Waals surface area (Å²) >= 11 is 1.67. The summed E-state index contributed by atoms with van der Waals surface area (Å²) in [5.74, 6) is 0.299. The third-order valence-corrected chi connectivity index (χ3v) is 5.77. The molecular formula is C19H25N3O2S. The van der Waals surface area contributed by atoms with Crippen LogP contribution < -0.4 is 10.6 Å². The Kier molecular flexibility index (Phi) is 5.30. The molecule has 1 aliphatic rings. The van der Waals surface area contributed by atoms with Gasteiger partial charge in [-0.1, -0.05) is 6.07 Å². The second-order valence-corrected chi connectivity index (χ2v) is 7.70. The first-order chi connectivity index (χ1) is 12.0. The highest BCUT2D eigenvalue weighted by molar-refractivity contribution is 7.07. The van der Waals surface area contributed by atoms with Crippen molar-refractivity contribution in [3.05, 3.63) is 51.7 Å². The molecule has 1 aromatic heterocycles. The third kappa shape index (κ3) is 4.14. The van der Waals surface area contributed by atoms with Crippen LogP contribution in [0.4, 0.5) is 4.79 Å². The summed E-state index contributed by atoms with van der Waals surface area (Å²) in [5.41, 5.74) is 3.50. The average Bonchev–Trinajstić information content (AvgIpc) is 3.20. The molecule has 0 saturated carbocycles. The van der Waals surface area contributed by atoms with Gasteiger partial charge in [-0.3, -0.25) is 0 Å². The van der Waals surface area contributed by atoms with Crippen LogP contribution in [0.25, 0.3) is 0 Å². The number of fused-ring (bicyclic) bond motifs is 1. The number of hydrogen-bond donors (Lipinski definition) is 3. The van der Waals surface area contributed by atoms with Crippen LogP contribution in [-0.2, 0) is 19.3 Å². The third-order valence-electron chi connectivity index (χ3n) is 5.03. The second-order valence-electron chi connectivity index (χ2n) is 6.92. The normalized spacial score (nSPS) is 19.0. The number of nitrogens with zero attached hydrogens (tertiary/aromatic N) is 1. The van der Waals surface area contributed by atoms with Gasteiger partial charge in [0.05, 0.1) is 0 Å². The molecule has 1 unspecified atom stereocenters. The van der Waals surface area contributed by atoms with Crippen LogP contribution in [0.1, 0.15) is 16.7 Å². The number of thiophene rings is 1. The molecule has 5 nitrogen and oxygen atoms in total. The quantitative estimate of drug-likeness (QED) is 0.742. The number of aromatic hydroxyl groups is 1. The highest BCUT2D eigenvalue weighted by Gasteiger charge is 2.39. The number of nitrogens with one attached hydrogen (secondary N) is 2. The SMILES string of the molecule is CN(C)C1(CNC(=O)NCCc2ccsc2)Cc2ccc(O)cc2C1. The fourth-order valence-electron chi connectivity index (χ4n) is 3.38. The van der Waals surface area contributed by atoms with Crippen LogP contribution in [0.5, 0.6) is 5.75 Å². The molecule has 1 aliphatic carbocycles. The van der Waals surface area contributed by atoms with Crippen molar-refractivity contribution < 1.29 is 9.90 Å². The lowest BCUT2D eigenvalue weighted by molar-refractivity contribution is 0.158. The number of carbonyl (C=O) groups excluding carboxylic acids is 1. The highest BCUT2D eigenvalue weighted by atomic mass is 32.1. The number of carbonyl (C=O) groups is 1. The van der Waals surface area contributed by atoms with E-state index in [1.54, 1.807) is 17.4 Å². The highest BCUT2D eigenvalue weighted by Crippen LogP contribution is 2.34. The number of phenolic OH excluding ortho intramolecular Hbond substituents is 1. The Balaban J connectivity index is 1.53. The van der Waals surface area contributed by atoms with Gasteiger partial charge in [0.25, 0.3) is 0 Å². The van der Waals surface area contributed by atoms with Crippen molar-refractivity contribution >= 4 is 17.4 Å². The molecule has 2 amide bonds. The number of phenols is 1. The zero-order chi connectivity index (χ0) is 17.9. The zero-order valence-corrected chi connectivity index (χ0v) is 15.5. The lowest BCUT2D eigenvalue weighted by Gasteiger charge is -2.36. The van der Waals surface area contributed by atoms with Crippen LogP contribution in [0.3, 0.4) is 0 Å². The van der Waals surface area contributed by atoms with Gasteiger partial charge in [-0.2, -0.15) is 11.3 Å². The Labute approximate surface area is 152 Å². The number of urea groups is 1.